The quantitative estimate of drug-likeness (QED) is 0.468. The Morgan fingerprint density at radius 1 is 1.25 bits per heavy atom. The van der Waals surface area contributed by atoms with Gasteiger partial charge in [-0.25, -0.2) is 4.79 Å². The van der Waals surface area contributed by atoms with E-state index in [0.717, 1.165) is 12.8 Å². The van der Waals surface area contributed by atoms with Gasteiger partial charge in [0.15, 0.2) is 0 Å². The summed E-state index contributed by atoms with van der Waals surface area (Å²) in [5.74, 6) is -1.09. The van der Waals surface area contributed by atoms with Crippen molar-refractivity contribution in [3.63, 3.8) is 0 Å². The van der Waals surface area contributed by atoms with Crippen molar-refractivity contribution in [2.45, 2.75) is 25.9 Å². The summed E-state index contributed by atoms with van der Waals surface area (Å²) in [7, 11) is 0. The van der Waals surface area contributed by atoms with Crippen molar-refractivity contribution >= 4 is 11.8 Å². The molecule has 0 atom stereocenters. The van der Waals surface area contributed by atoms with Crippen molar-refractivity contribution < 1.29 is 23.8 Å². The molecule has 1 aromatic carbocycles. The van der Waals surface area contributed by atoms with Gasteiger partial charge < -0.3 is 14.2 Å². The third kappa shape index (κ3) is 3.57. The number of hydrogen-bond acceptors (Lipinski definition) is 5. The van der Waals surface area contributed by atoms with Gasteiger partial charge in [0.25, 0.3) is 5.78 Å². The molecule has 108 valence electrons. The molecule has 1 aliphatic rings. The summed E-state index contributed by atoms with van der Waals surface area (Å²) in [6, 6.07) is 6.75. The Morgan fingerprint density at radius 3 is 2.65 bits per heavy atom. The van der Waals surface area contributed by atoms with E-state index in [0.29, 0.717) is 19.0 Å². The van der Waals surface area contributed by atoms with E-state index in [1.807, 2.05) is 0 Å². The fourth-order valence-electron chi connectivity index (χ4n) is 2.04. The number of esters is 1. The summed E-state index contributed by atoms with van der Waals surface area (Å²) in [6.07, 6.45) is 1.57. The third-order valence-corrected chi connectivity index (χ3v) is 3.05. The number of rotatable bonds is 5. The Hall–Kier alpha value is -1.88. The van der Waals surface area contributed by atoms with E-state index in [4.69, 9.17) is 14.2 Å². The molecule has 0 aliphatic carbocycles. The van der Waals surface area contributed by atoms with Gasteiger partial charge in [-0.1, -0.05) is 12.1 Å². The molecule has 5 nitrogen and oxygen atoms in total. The summed E-state index contributed by atoms with van der Waals surface area (Å²) in [5, 5.41) is 0. The van der Waals surface area contributed by atoms with Gasteiger partial charge in [-0.3, -0.25) is 4.79 Å². The highest BCUT2D eigenvalue weighted by atomic mass is 16.5. The molecule has 0 aromatic heterocycles. The molecular formula is C15H18O5. The maximum Gasteiger partial charge on any atom is 0.379 e. The number of carbonyl (C=O) groups excluding carboxylic acids is 2. The molecule has 0 amide bonds. The van der Waals surface area contributed by atoms with Gasteiger partial charge >= 0.3 is 5.97 Å². The van der Waals surface area contributed by atoms with Crippen LogP contribution >= 0.6 is 0 Å². The smallest absolute Gasteiger partial charge is 0.379 e. The lowest BCUT2D eigenvalue weighted by Gasteiger charge is -2.24. The van der Waals surface area contributed by atoms with Crippen LogP contribution in [0, 0.1) is 0 Å². The average molecular weight is 278 g/mol. The highest BCUT2D eigenvalue weighted by molar-refractivity contribution is 6.41. The Bertz CT molecular complexity index is 477. The van der Waals surface area contributed by atoms with Crippen LogP contribution in [0.3, 0.4) is 0 Å². The summed E-state index contributed by atoms with van der Waals surface area (Å²) >= 11 is 0. The van der Waals surface area contributed by atoms with Crippen LogP contribution in [0.25, 0.3) is 0 Å². The first-order chi connectivity index (χ1) is 9.72. The monoisotopic (exact) mass is 278 g/mol. The van der Waals surface area contributed by atoms with E-state index in [2.05, 4.69) is 0 Å². The molecular weight excluding hydrogens is 260 g/mol. The standard InChI is InChI=1S/C15H18O5/c1-2-19-15(17)14(16)12-5-3-4-6-13(12)20-11-7-9-18-10-8-11/h3-6,11H,2,7-10H2,1H3. The number of benzene rings is 1. The van der Waals surface area contributed by atoms with Crippen molar-refractivity contribution in [1.82, 2.24) is 0 Å². The molecule has 0 saturated carbocycles. The molecule has 0 radical (unpaired) electrons. The molecule has 20 heavy (non-hydrogen) atoms. The van der Waals surface area contributed by atoms with Gasteiger partial charge in [0.05, 0.1) is 25.4 Å². The fourth-order valence-corrected chi connectivity index (χ4v) is 2.04. The molecule has 0 spiro atoms. The van der Waals surface area contributed by atoms with Crippen molar-refractivity contribution in [3.8, 4) is 5.75 Å². The molecule has 1 fully saturated rings. The van der Waals surface area contributed by atoms with Crippen LogP contribution in [-0.4, -0.2) is 37.7 Å². The summed E-state index contributed by atoms with van der Waals surface area (Å²) in [5.41, 5.74) is 0.248. The Labute approximate surface area is 117 Å². The molecule has 1 aliphatic heterocycles. The van der Waals surface area contributed by atoms with Crippen LogP contribution in [0.5, 0.6) is 5.75 Å². The molecule has 1 saturated heterocycles. The lowest BCUT2D eigenvalue weighted by molar-refractivity contribution is -0.137. The topological polar surface area (TPSA) is 61.8 Å². The highest BCUT2D eigenvalue weighted by Gasteiger charge is 2.23. The number of para-hydroxylation sites is 1. The number of Topliss-reactive ketones (excluding diaryl/α,β-unsaturated/α-hetero) is 1. The van der Waals surface area contributed by atoms with Crippen molar-refractivity contribution in [2.75, 3.05) is 19.8 Å². The van der Waals surface area contributed by atoms with Crippen molar-refractivity contribution in [1.29, 1.82) is 0 Å². The van der Waals surface area contributed by atoms with E-state index in [1.165, 1.54) is 0 Å². The lowest BCUT2D eigenvalue weighted by Crippen LogP contribution is -2.27. The van der Waals surface area contributed by atoms with Crippen molar-refractivity contribution in [3.05, 3.63) is 29.8 Å². The molecule has 0 N–H and O–H groups in total. The van der Waals surface area contributed by atoms with Crippen LogP contribution < -0.4 is 4.74 Å². The van der Waals surface area contributed by atoms with Gasteiger partial charge in [0.1, 0.15) is 11.9 Å². The van der Waals surface area contributed by atoms with Crippen LogP contribution in [0.2, 0.25) is 0 Å². The Kier molecular flexibility index (Phi) is 5.12. The second-order valence-electron chi connectivity index (χ2n) is 4.48. The molecule has 2 rings (SSSR count). The third-order valence-electron chi connectivity index (χ3n) is 3.05. The number of ether oxygens (including phenoxy) is 3. The number of hydrogen-bond donors (Lipinski definition) is 0. The van der Waals surface area contributed by atoms with E-state index in [9.17, 15) is 9.59 Å². The minimum atomic E-state index is -0.851. The zero-order valence-corrected chi connectivity index (χ0v) is 11.5. The first-order valence-corrected chi connectivity index (χ1v) is 6.77. The first kappa shape index (κ1) is 14.5. The van der Waals surface area contributed by atoms with Crippen LogP contribution in [0.15, 0.2) is 24.3 Å². The van der Waals surface area contributed by atoms with Crippen LogP contribution in [0.1, 0.15) is 30.1 Å². The summed E-state index contributed by atoms with van der Waals surface area (Å²) < 4.78 is 15.8. The van der Waals surface area contributed by atoms with Gasteiger partial charge in [-0.15, -0.1) is 0 Å². The van der Waals surface area contributed by atoms with Crippen LogP contribution in [-0.2, 0) is 14.3 Å². The molecule has 0 bridgehead atoms. The first-order valence-electron chi connectivity index (χ1n) is 6.77. The van der Waals surface area contributed by atoms with Crippen molar-refractivity contribution in [2.24, 2.45) is 0 Å². The minimum Gasteiger partial charge on any atom is -0.489 e. The predicted octanol–water partition coefficient (Wildman–Crippen LogP) is 1.99. The maximum absolute atomic E-state index is 12.0. The zero-order chi connectivity index (χ0) is 14.4. The summed E-state index contributed by atoms with van der Waals surface area (Å²) in [4.78, 5) is 23.6. The molecule has 5 heteroatoms. The van der Waals surface area contributed by atoms with E-state index in [-0.39, 0.29) is 18.3 Å². The van der Waals surface area contributed by atoms with Gasteiger partial charge in [-0.05, 0) is 19.1 Å². The number of carbonyl (C=O) groups is 2. The largest absolute Gasteiger partial charge is 0.489 e. The van der Waals surface area contributed by atoms with Gasteiger partial charge in [-0.2, -0.15) is 0 Å². The molecule has 1 aromatic rings. The Balaban J connectivity index is 2.12. The average Bonchev–Trinajstić information content (AvgIpc) is 2.48. The van der Waals surface area contributed by atoms with E-state index in [1.54, 1.807) is 31.2 Å². The SMILES string of the molecule is CCOC(=O)C(=O)c1ccccc1OC1CCOCC1. The molecule has 0 unspecified atom stereocenters. The fraction of sp³-hybridized carbons (Fsp3) is 0.467. The predicted molar refractivity (Wildman–Crippen MR) is 71.9 cm³/mol. The minimum absolute atomic E-state index is 0.0138. The second-order valence-corrected chi connectivity index (χ2v) is 4.48. The number of ketones is 1. The summed E-state index contributed by atoms with van der Waals surface area (Å²) in [6.45, 7) is 3.14. The Morgan fingerprint density at radius 2 is 1.95 bits per heavy atom. The lowest BCUT2D eigenvalue weighted by atomic mass is 10.1. The molecule has 1 heterocycles. The zero-order valence-electron chi connectivity index (χ0n) is 11.5. The van der Waals surface area contributed by atoms with E-state index >= 15 is 0 Å². The van der Waals surface area contributed by atoms with Crippen LogP contribution in [0.4, 0.5) is 0 Å². The maximum atomic E-state index is 12.0. The van der Waals surface area contributed by atoms with E-state index < -0.39 is 11.8 Å². The normalized spacial score (nSPS) is 15.7. The van der Waals surface area contributed by atoms with Gasteiger partial charge in [0, 0.05) is 12.8 Å². The second kappa shape index (κ2) is 7.05. The highest BCUT2D eigenvalue weighted by Crippen LogP contribution is 2.23. The van der Waals surface area contributed by atoms with Gasteiger partial charge in [0.2, 0.25) is 0 Å².